The van der Waals surface area contributed by atoms with Crippen LogP contribution in [0.15, 0.2) is 58.3 Å². The number of benzene rings is 2. The third-order valence-electron chi connectivity index (χ3n) is 5.98. The highest BCUT2D eigenvalue weighted by Crippen LogP contribution is 2.41. The third kappa shape index (κ3) is 7.95. The van der Waals surface area contributed by atoms with Crippen molar-refractivity contribution in [2.45, 2.75) is 32.7 Å². The monoisotopic (exact) mass is 709 g/mol. The van der Waals surface area contributed by atoms with Gasteiger partial charge in [0.25, 0.3) is 25.8 Å². The van der Waals surface area contributed by atoms with Crippen LogP contribution in [0.4, 0.5) is 5.69 Å². The fourth-order valence-electron chi connectivity index (χ4n) is 4.20. The molecule has 0 bridgehead atoms. The van der Waals surface area contributed by atoms with E-state index in [1.165, 1.54) is 0 Å². The van der Waals surface area contributed by atoms with E-state index in [0.29, 0.717) is 46.8 Å². The SMILES string of the molecule is CCC(/C=C1\Oc2ccc(Cl)cc2N1CCCS(=O)(=O)O)=C\c1oc2ccc(I)cc2[n+]1CCCS(=O)(=O)O. The molecule has 0 spiro atoms. The highest BCUT2D eigenvalue weighted by atomic mass is 127. The minimum absolute atomic E-state index is 0.159. The van der Waals surface area contributed by atoms with Gasteiger partial charge >= 0.3 is 5.89 Å². The van der Waals surface area contributed by atoms with E-state index in [9.17, 15) is 25.9 Å². The van der Waals surface area contributed by atoms with Crippen LogP contribution in [0, 0.1) is 3.57 Å². The van der Waals surface area contributed by atoms with Gasteiger partial charge < -0.3 is 14.1 Å². The summed E-state index contributed by atoms with van der Waals surface area (Å²) in [5.41, 5.74) is 2.92. The number of oxazole rings is 1. The van der Waals surface area contributed by atoms with Gasteiger partial charge in [0.2, 0.25) is 11.5 Å². The Bertz CT molecular complexity index is 1670. The summed E-state index contributed by atoms with van der Waals surface area (Å²) in [6, 6.07) is 10.8. The van der Waals surface area contributed by atoms with Crippen molar-refractivity contribution in [3.05, 3.63) is 68.4 Å². The maximum absolute atomic E-state index is 11.3. The van der Waals surface area contributed by atoms with Crippen LogP contribution in [0.5, 0.6) is 5.75 Å². The quantitative estimate of drug-likeness (QED) is 0.159. The Hall–Kier alpha value is -2.17. The summed E-state index contributed by atoms with van der Waals surface area (Å²) >= 11 is 8.39. The third-order valence-corrected chi connectivity index (χ3v) is 8.49. The molecule has 4 rings (SSSR count). The van der Waals surface area contributed by atoms with Gasteiger partial charge in [0, 0.05) is 33.7 Å². The van der Waals surface area contributed by atoms with Crippen LogP contribution in [-0.4, -0.2) is 44.0 Å². The van der Waals surface area contributed by atoms with Crippen LogP contribution in [0.2, 0.25) is 5.02 Å². The largest absolute Gasteiger partial charge is 0.439 e. The Kier molecular flexibility index (Phi) is 9.28. The summed E-state index contributed by atoms with van der Waals surface area (Å²) in [6.07, 6.45) is 4.59. The van der Waals surface area contributed by atoms with E-state index in [2.05, 4.69) is 22.6 Å². The maximum Gasteiger partial charge on any atom is 0.374 e. The average Bonchev–Trinajstić information content (AvgIpc) is 3.34. The van der Waals surface area contributed by atoms with E-state index in [1.807, 2.05) is 41.8 Å². The zero-order valence-corrected chi connectivity index (χ0v) is 25.4. The molecule has 0 unspecified atom stereocenters. The lowest BCUT2D eigenvalue weighted by molar-refractivity contribution is -0.677. The normalized spacial score (nSPS) is 15.3. The minimum Gasteiger partial charge on any atom is -0.439 e. The molecule has 1 aromatic heterocycles. The van der Waals surface area contributed by atoms with E-state index < -0.39 is 26.0 Å². The second-order valence-electron chi connectivity index (χ2n) is 8.90. The number of ether oxygens (including phenoxy) is 1. The Morgan fingerprint density at radius 1 is 1.08 bits per heavy atom. The predicted molar refractivity (Wildman–Crippen MR) is 157 cm³/mol. The second kappa shape index (κ2) is 12.1. The van der Waals surface area contributed by atoms with Crippen molar-refractivity contribution in [3.8, 4) is 5.75 Å². The fraction of sp³-hybridized carbons (Fsp3) is 0.320. The van der Waals surface area contributed by atoms with Gasteiger partial charge in [0.15, 0.2) is 12.3 Å². The van der Waals surface area contributed by atoms with Crippen molar-refractivity contribution in [3.63, 3.8) is 0 Å². The number of aryl methyl sites for hydroxylation is 1. The van der Waals surface area contributed by atoms with Crippen molar-refractivity contribution in [1.82, 2.24) is 0 Å². The summed E-state index contributed by atoms with van der Waals surface area (Å²) in [5.74, 6) is 0.737. The molecule has 2 aromatic carbocycles. The van der Waals surface area contributed by atoms with Gasteiger partial charge in [-0.3, -0.25) is 9.11 Å². The lowest BCUT2D eigenvalue weighted by Gasteiger charge is -2.18. The number of aromatic nitrogens is 1. The van der Waals surface area contributed by atoms with Gasteiger partial charge in [-0.25, -0.2) is 0 Å². The maximum atomic E-state index is 11.3. The number of halogens is 2. The molecule has 0 saturated heterocycles. The molecule has 3 aromatic rings. The summed E-state index contributed by atoms with van der Waals surface area (Å²) in [7, 11) is -8.22. The molecule has 210 valence electrons. The van der Waals surface area contributed by atoms with Crippen molar-refractivity contribution < 1.29 is 39.7 Å². The van der Waals surface area contributed by atoms with Gasteiger partial charge in [0.05, 0.1) is 23.3 Å². The Morgan fingerprint density at radius 2 is 1.79 bits per heavy atom. The first-order valence-corrected chi connectivity index (χ1v) is 16.7. The van der Waals surface area contributed by atoms with E-state index >= 15 is 0 Å². The predicted octanol–water partition coefficient (Wildman–Crippen LogP) is 5.07. The number of hydrogen-bond donors (Lipinski definition) is 2. The van der Waals surface area contributed by atoms with E-state index in [1.54, 1.807) is 23.1 Å². The molecule has 39 heavy (non-hydrogen) atoms. The van der Waals surface area contributed by atoms with Crippen LogP contribution >= 0.6 is 34.2 Å². The first-order valence-electron chi connectivity index (χ1n) is 12.0. The molecule has 14 heteroatoms. The summed E-state index contributed by atoms with van der Waals surface area (Å²) in [6.45, 7) is 2.52. The molecule has 0 saturated carbocycles. The van der Waals surface area contributed by atoms with Gasteiger partial charge in [-0.1, -0.05) is 18.5 Å². The Morgan fingerprint density at radius 3 is 2.49 bits per heavy atom. The molecular formula is C25H27ClIN2O8S2+. The van der Waals surface area contributed by atoms with Gasteiger partial charge in [0.1, 0.15) is 0 Å². The highest BCUT2D eigenvalue weighted by Gasteiger charge is 2.28. The highest BCUT2D eigenvalue weighted by molar-refractivity contribution is 14.1. The van der Waals surface area contributed by atoms with Crippen molar-refractivity contribution >= 4 is 77.3 Å². The molecule has 0 amide bonds. The molecular weight excluding hydrogens is 683 g/mol. The van der Waals surface area contributed by atoms with Crippen LogP contribution in [0.25, 0.3) is 17.2 Å². The number of nitrogens with zero attached hydrogens (tertiary/aromatic N) is 2. The molecule has 1 aliphatic rings. The zero-order chi connectivity index (χ0) is 28.4. The molecule has 0 fully saturated rings. The Labute approximate surface area is 245 Å². The number of fused-ring (bicyclic) bond motifs is 2. The van der Waals surface area contributed by atoms with Gasteiger partial charge in [-0.15, -0.1) is 0 Å². The van der Waals surface area contributed by atoms with Crippen LogP contribution in [0.1, 0.15) is 32.1 Å². The van der Waals surface area contributed by atoms with Crippen molar-refractivity contribution in [2.24, 2.45) is 0 Å². The molecule has 10 nitrogen and oxygen atoms in total. The molecule has 1 aliphatic heterocycles. The van der Waals surface area contributed by atoms with Crippen LogP contribution in [-0.2, 0) is 26.8 Å². The number of rotatable bonds is 11. The summed E-state index contributed by atoms with van der Waals surface area (Å²) in [4.78, 5) is 1.80. The molecule has 0 atom stereocenters. The van der Waals surface area contributed by atoms with Crippen molar-refractivity contribution in [2.75, 3.05) is 23.0 Å². The standard InChI is InChI=1S/C25H26ClIN2O8S2/c1-2-17(13-24-28(9-3-11-38(30,31)32)20-15-18(26)5-7-22(20)36-24)14-25-29(10-4-12-39(33,34)35)21-16-19(27)6-8-23(21)37-25/h5-8,13-16H,2-4,9-12H2,1H3,(H-,30,31,32,33,34,35)/p+1. The topological polar surface area (TPSA) is 138 Å². The molecule has 0 aliphatic carbocycles. The molecule has 2 heterocycles. The van der Waals surface area contributed by atoms with Crippen molar-refractivity contribution in [1.29, 1.82) is 0 Å². The summed E-state index contributed by atoms with van der Waals surface area (Å²) < 4.78 is 78.5. The van der Waals surface area contributed by atoms with E-state index in [4.69, 9.17) is 20.8 Å². The number of anilines is 1. The average molecular weight is 710 g/mol. The van der Waals surface area contributed by atoms with Crippen LogP contribution in [0.3, 0.4) is 0 Å². The van der Waals surface area contributed by atoms with Gasteiger partial charge in [-0.05, 0) is 71.3 Å². The molecule has 2 N–H and O–H groups in total. The minimum atomic E-state index is -4.12. The molecule has 0 radical (unpaired) electrons. The van der Waals surface area contributed by atoms with E-state index in [0.717, 1.165) is 14.7 Å². The fourth-order valence-corrected chi connectivity index (χ4v) is 5.83. The summed E-state index contributed by atoms with van der Waals surface area (Å²) in [5, 5.41) is 0.493. The zero-order valence-electron chi connectivity index (χ0n) is 20.9. The Balaban J connectivity index is 1.71. The first-order chi connectivity index (χ1) is 18.3. The first kappa shape index (κ1) is 29.8. The lowest BCUT2D eigenvalue weighted by atomic mass is 10.1. The number of allylic oxidation sites excluding steroid dienone is 2. The number of hydrogen-bond acceptors (Lipinski definition) is 7. The smallest absolute Gasteiger partial charge is 0.374 e. The second-order valence-corrected chi connectivity index (χ2v) is 13.7. The van der Waals surface area contributed by atoms with E-state index in [-0.39, 0.29) is 25.1 Å². The van der Waals surface area contributed by atoms with Crippen LogP contribution < -0.4 is 14.2 Å². The van der Waals surface area contributed by atoms with Gasteiger partial charge in [-0.2, -0.15) is 21.4 Å². The lowest BCUT2D eigenvalue weighted by Crippen LogP contribution is -2.36.